The molecule has 0 aromatic heterocycles. The van der Waals surface area contributed by atoms with Crippen molar-refractivity contribution in [2.24, 2.45) is 0 Å². The molecule has 0 atom stereocenters. The molecule has 0 aromatic rings. The van der Waals surface area contributed by atoms with E-state index in [-0.39, 0.29) is 5.57 Å². The van der Waals surface area contributed by atoms with Gasteiger partial charge < -0.3 is 10.2 Å². The lowest BCUT2D eigenvalue weighted by atomic mass is 9.95. The molecule has 11 heavy (non-hydrogen) atoms. The van der Waals surface area contributed by atoms with E-state index in [1.807, 2.05) is 0 Å². The fraction of sp³-hybridized carbons (Fsp3) is 0.667. The topological polar surface area (TPSA) is 83.6 Å². The minimum Gasteiger partial charge on any atom is -0.388 e. The molecule has 0 rings (SSSR count). The van der Waals surface area contributed by atoms with Crippen LogP contribution in [0.1, 0.15) is 6.92 Å². The van der Waals surface area contributed by atoms with Gasteiger partial charge >= 0.3 is 0 Å². The van der Waals surface area contributed by atoms with Crippen molar-refractivity contribution < 1.29 is 15.1 Å². The van der Waals surface area contributed by atoms with Crippen LogP contribution in [0.25, 0.3) is 0 Å². The molecule has 5 heteroatoms. The maximum Gasteiger partial charge on any atom is 0.287 e. The number of aliphatic hydroxyl groups excluding tert-OH is 2. The fourth-order valence-electron chi connectivity index (χ4n) is 0.591. The van der Waals surface area contributed by atoms with E-state index in [0.717, 1.165) is 0 Å². The second kappa shape index (κ2) is 3.45. The molecule has 5 nitrogen and oxygen atoms in total. The Balaban J connectivity index is 4.76. The fourth-order valence-corrected chi connectivity index (χ4v) is 0.591. The normalized spacial score (nSPS) is 11.2. The van der Waals surface area contributed by atoms with Gasteiger partial charge in [-0.1, -0.05) is 6.58 Å². The first-order valence-electron chi connectivity index (χ1n) is 3.03. The molecular formula is C6H11NO4. The maximum absolute atomic E-state index is 10.3. The van der Waals surface area contributed by atoms with Crippen molar-refractivity contribution in [3.05, 3.63) is 22.3 Å². The van der Waals surface area contributed by atoms with Crippen LogP contribution in [0.15, 0.2) is 12.2 Å². The van der Waals surface area contributed by atoms with E-state index in [9.17, 15) is 10.1 Å². The number of aliphatic hydroxyl groups is 2. The molecule has 0 spiro atoms. The van der Waals surface area contributed by atoms with Gasteiger partial charge in [-0.25, -0.2) is 0 Å². The predicted molar refractivity (Wildman–Crippen MR) is 38.7 cm³/mol. The average molecular weight is 161 g/mol. The highest BCUT2D eigenvalue weighted by Gasteiger charge is 2.42. The molecule has 0 radical (unpaired) electrons. The molecule has 0 saturated carbocycles. The van der Waals surface area contributed by atoms with Crippen molar-refractivity contribution in [3.63, 3.8) is 0 Å². The summed E-state index contributed by atoms with van der Waals surface area (Å²) in [4.78, 5) is 9.62. The van der Waals surface area contributed by atoms with Crippen molar-refractivity contribution in [1.82, 2.24) is 0 Å². The summed E-state index contributed by atoms with van der Waals surface area (Å²) >= 11 is 0. The highest BCUT2D eigenvalue weighted by Crippen LogP contribution is 2.17. The number of nitro groups is 1. The van der Waals surface area contributed by atoms with Crippen LogP contribution in [0.4, 0.5) is 0 Å². The second-order valence-corrected chi connectivity index (χ2v) is 2.39. The second-order valence-electron chi connectivity index (χ2n) is 2.39. The monoisotopic (exact) mass is 161 g/mol. The summed E-state index contributed by atoms with van der Waals surface area (Å²) in [5, 5.41) is 27.7. The van der Waals surface area contributed by atoms with Gasteiger partial charge in [-0.15, -0.1) is 0 Å². The lowest BCUT2D eigenvalue weighted by Gasteiger charge is -2.20. The van der Waals surface area contributed by atoms with E-state index >= 15 is 0 Å². The van der Waals surface area contributed by atoms with Gasteiger partial charge in [0.1, 0.15) is 13.2 Å². The van der Waals surface area contributed by atoms with Gasteiger partial charge in [0.2, 0.25) is 0 Å². The molecule has 0 unspecified atom stereocenters. The van der Waals surface area contributed by atoms with Gasteiger partial charge in [-0.3, -0.25) is 10.1 Å². The van der Waals surface area contributed by atoms with Crippen LogP contribution in [-0.4, -0.2) is 33.9 Å². The van der Waals surface area contributed by atoms with Crippen LogP contribution >= 0.6 is 0 Å². The van der Waals surface area contributed by atoms with Crippen LogP contribution in [0.2, 0.25) is 0 Å². The van der Waals surface area contributed by atoms with E-state index in [1.165, 1.54) is 6.92 Å². The van der Waals surface area contributed by atoms with E-state index in [1.54, 1.807) is 0 Å². The number of hydrogen-bond donors (Lipinski definition) is 2. The smallest absolute Gasteiger partial charge is 0.287 e. The molecule has 64 valence electrons. The highest BCUT2D eigenvalue weighted by atomic mass is 16.6. The molecule has 0 fully saturated rings. The van der Waals surface area contributed by atoms with Gasteiger partial charge in [0.05, 0.1) is 0 Å². The Morgan fingerprint density at radius 1 is 1.64 bits per heavy atom. The van der Waals surface area contributed by atoms with Crippen LogP contribution in [0.5, 0.6) is 0 Å². The lowest BCUT2D eigenvalue weighted by molar-refractivity contribution is -0.565. The van der Waals surface area contributed by atoms with Crippen molar-refractivity contribution in [1.29, 1.82) is 0 Å². The van der Waals surface area contributed by atoms with Gasteiger partial charge in [0.15, 0.2) is 0 Å². The van der Waals surface area contributed by atoms with Gasteiger partial charge in [0.25, 0.3) is 5.54 Å². The minimum absolute atomic E-state index is 0.146. The van der Waals surface area contributed by atoms with Gasteiger partial charge in [0, 0.05) is 10.5 Å². The Bertz CT molecular complexity index is 157. The SMILES string of the molecule is C=C(C)C(CO)(CO)[N+](=O)[O-]. The number of rotatable bonds is 4. The van der Waals surface area contributed by atoms with Crippen molar-refractivity contribution >= 4 is 0 Å². The van der Waals surface area contributed by atoms with Crippen LogP contribution in [0, 0.1) is 10.1 Å². The Morgan fingerprint density at radius 2 is 2.00 bits per heavy atom. The molecule has 0 saturated heterocycles. The lowest BCUT2D eigenvalue weighted by Crippen LogP contribution is -2.46. The predicted octanol–water partition coefficient (Wildman–Crippen LogP) is -0.437. The minimum atomic E-state index is -1.78. The molecule has 0 aromatic carbocycles. The zero-order valence-electron chi connectivity index (χ0n) is 6.28. The average Bonchev–Trinajstić information content (AvgIpc) is 1.90. The Hall–Kier alpha value is -0.940. The molecular weight excluding hydrogens is 150 g/mol. The zero-order valence-corrected chi connectivity index (χ0v) is 6.28. The molecule has 0 aliphatic rings. The molecule has 2 N–H and O–H groups in total. The van der Waals surface area contributed by atoms with E-state index in [4.69, 9.17) is 10.2 Å². The zero-order chi connectivity index (χ0) is 9.07. The molecule has 0 aliphatic carbocycles. The quantitative estimate of drug-likeness (QED) is 0.332. The third kappa shape index (κ3) is 1.55. The first-order valence-corrected chi connectivity index (χ1v) is 3.03. The van der Waals surface area contributed by atoms with Crippen molar-refractivity contribution in [3.8, 4) is 0 Å². The highest BCUT2D eigenvalue weighted by molar-refractivity contribution is 5.09. The van der Waals surface area contributed by atoms with Crippen LogP contribution in [-0.2, 0) is 0 Å². The maximum atomic E-state index is 10.3. The van der Waals surface area contributed by atoms with Gasteiger partial charge in [-0.2, -0.15) is 0 Å². The van der Waals surface area contributed by atoms with E-state index < -0.39 is 23.7 Å². The largest absolute Gasteiger partial charge is 0.388 e. The van der Waals surface area contributed by atoms with Crippen LogP contribution < -0.4 is 0 Å². The van der Waals surface area contributed by atoms with E-state index in [0.29, 0.717) is 0 Å². The summed E-state index contributed by atoms with van der Waals surface area (Å²) in [6.07, 6.45) is 0. The third-order valence-corrected chi connectivity index (χ3v) is 1.67. The van der Waals surface area contributed by atoms with Crippen molar-refractivity contribution in [2.75, 3.05) is 13.2 Å². The Morgan fingerprint density at radius 3 is 2.00 bits per heavy atom. The van der Waals surface area contributed by atoms with Crippen molar-refractivity contribution in [2.45, 2.75) is 12.5 Å². The summed E-state index contributed by atoms with van der Waals surface area (Å²) in [7, 11) is 0. The number of hydrogen-bond acceptors (Lipinski definition) is 4. The molecule has 0 amide bonds. The molecule has 0 aliphatic heterocycles. The summed E-state index contributed by atoms with van der Waals surface area (Å²) in [5.41, 5.74) is -1.63. The number of nitrogens with zero attached hydrogens (tertiary/aromatic N) is 1. The first-order chi connectivity index (χ1) is 5.01. The first kappa shape index (κ1) is 10.1. The Labute approximate surface area is 64.1 Å². The standard InChI is InChI=1S/C6H11NO4/c1-5(2)6(3-8,4-9)7(10)11/h8-9H,1,3-4H2,2H3. The summed E-state index contributed by atoms with van der Waals surface area (Å²) < 4.78 is 0. The summed E-state index contributed by atoms with van der Waals surface area (Å²) in [6, 6.07) is 0. The van der Waals surface area contributed by atoms with Crippen LogP contribution in [0.3, 0.4) is 0 Å². The third-order valence-electron chi connectivity index (χ3n) is 1.67. The summed E-state index contributed by atoms with van der Waals surface area (Å²) in [5.74, 6) is 0. The molecule has 0 bridgehead atoms. The summed E-state index contributed by atoms with van der Waals surface area (Å²) in [6.45, 7) is 3.27. The Kier molecular flexibility index (Phi) is 3.16. The van der Waals surface area contributed by atoms with E-state index in [2.05, 4.69) is 6.58 Å². The molecule has 0 heterocycles. The van der Waals surface area contributed by atoms with Gasteiger partial charge in [-0.05, 0) is 6.92 Å².